The normalized spacial score (nSPS) is 12.6. The fraction of sp³-hybridized carbons (Fsp3) is 0.429. The van der Waals surface area contributed by atoms with Crippen LogP contribution in [0.1, 0.15) is 12.5 Å². The van der Waals surface area contributed by atoms with Gasteiger partial charge >= 0.3 is 0 Å². The predicted octanol–water partition coefficient (Wildman–Crippen LogP) is 1.96. The number of halogens is 1. The van der Waals surface area contributed by atoms with Crippen LogP contribution in [-0.4, -0.2) is 38.7 Å². The molecule has 0 radical (unpaired) electrons. The van der Waals surface area contributed by atoms with Crippen LogP contribution in [0.5, 0.6) is 0 Å². The molecule has 21 heavy (non-hydrogen) atoms. The lowest BCUT2D eigenvalue weighted by molar-refractivity contribution is 0.350. The number of benzene rings is 1. The van der Waals surface area contributed by atoms with Crippen molar-refractivity contribution in [3.8, 4) is 11.8 Å². The van der Waals surface area contributed by atoms with Crippen LogP contribution in [-0.2, 0) is 10.0 Å². The third-order valence-electron chi connectivity index (χ3n) is 2.61. The average molecular weight is 348 g/mol. The molecule has 1 aromatic rings. The van der Waals surface area contributed by atoms with E-state index in [2.05, 4.69) is 16.6 Å². The number of hydrogen-bond donors (Lipinski definition) is 2. The molecular weight excluding hydrogens is 330 g/mol. The van der Waals surface area contributed by atoms with Crippen LogP contribution in [0.15, 0.2) is 23.1 Å². The van der Waals surface area contributed by atoms with Gasteiger partial charge in [0.05, 0.1) is 5.02 Å². The highest BCUT2D eigenvalue weighted by molar-refractivity contribution is 7.98. The highest BCUT2D eigenvalue weighted by Gasteiger charge is 2.18. The summed E-state index contributed by atoms with van der Waals surface area (Å²) in [7, 11) is -3.63. The van der Waals surface area contributed by atoms with Gasteiger partial charge in [-0.1, -0.05) is 30.4 Å². The maximum Gasteiger partial charge on any atom is 0.242 e. The van der Waals surface area contributed by atoms with Gasteiger partial charge in [-0.05, 0) is 36.1 Å². The van der Waals surface area contributed by atoms with E-state index in [1.54, 1.807) is 17.8 Å². The molecule has 1 aromatic carbocycles. The minimum absolute atomic E-state index is 0.0371. The highest BCUT2D eigenvalue weighted by atomic mass is 35.5. The summed E-state index contributed by atoms with van der Waals surface area (Å²) in [6.45, 7) is 2.09. The van der Waals surface area contributed by atoms with Crippen molar-refractivity contribution in [2.75, 3.05) is 25.2 Å². The van der Waals surface area contributed by atoms with Crippen molar-refractivity contribution in [3.63, 3.8) is 0 Å². The Morgan fingerprint density at radius 3 is 2.76 bits per heavy atom. The molecular formula is C14H18ClNO3S2. The molecule has 0 aliphatic carbocycles. The quantitative estimate of drug-likeness (QED) is 0.772. The van der Waals surface area contributed by atoms with Crippen molar-refractivity contribution in [3.05, 3.63) is 28.8 Å². The molecule has 4 nitrogen and oxygen atoms in total. The second-order valence-corrected chi connectivity index (χ2v) is 7.57. The number of rotatable bonds is 6. The maximum absolute atomic E-state index is 12.2. The number of sulfonamides is 1. The molecule has 0 heterocycles. The van der Waals surface area contributed by atoms with Crippen LogP contribution >= 0.6 is 23.4 Å². The van der Waals surface area contributed by atoms with Gasteiger partial charge in [-0.25, -0.2) is 13.1 Å². The molecule has 0 aliphatic rings. The van der Waals surface area contributed by atoms with E-state index in [9.17, 15) is 8.42 Å². The van der Waals surface area contributed by atoms with Crippen molar-refractivity contribution in [2.45, 2.75) is 11.8 Å². The lowest BCUT2D eigenvalue weighted by atomic mass is 10.2. The van der Waals surface area contributed by atoms with Gasteiger partial charge in [0.25, 0.3) is 0 Å². The molecule has 1 unspecified atom stereocenters. The minimum Gasteiger partial charge on any atom is -0.384 e. The van der Waals surface area contributed by atoms with Crippen LogP contribution in [0.2, 0.25) is 5.02 Å². The largest absolute Gasteiger partial charge is 0.384 e. The van der Waals surface area contributed by atoms with Crippen LogP contribution < -0.4 is 4.72 Å². The van der Waals surface area contributed by atoms with Gasteiger partial charge in [-0.15, -0.1) is 0 Å². The van der Waals surface area contributed by atoms with Gasteiger partial charge < -0.3 is 5.11 Å². The summed E-state index contributed by atoms with van der Waals surface area (Å²) >= 11 is 7.69. The Hall–Kier alpha value is -0.710. The van der Waals surface area contributed by atoms with E-state index in [4.69, 9.17) is 16.7 Å². The first-order chi connectivity index (χ1) is 9.90. The predicted molar refractivity (Wildman–Crippen MR) is 88.2 cm³/mol. The molecule has 0 saturated carbocycles. The average Bonchev–Trinajstić information content (AvgIpc) is 2.43. The lowest BCUT2D eigenvalue weighted by Crippen LogP contribution is -2.29. The Morgan fingerprint density at radius 1 is 1.48 bits per heavy atom. The topological polar surface area (TPSA) is 66.4 Å². The first kappa shape index (κ1) is 18.3. The molecule has 0 saturated heterocycles. The van der Waals surface area contributed by atoms with Gasteiger partial charge in [-0.2, -0.15) is 11.8 Å². The second-order valence-electron chi connectivity index (χ2n) is 4.52. The van der Waals surface area contributed by atoms with E-state index in [0.29, 0.717) is 12.1 Å². The summed E-state index contributed by atoms with van der Waals surface area (Å²) < 4.78 is 27.0. The third kappa shape index (κ3) is 5.89. The van der Waals surface area contributed by atoms with Crippen molar-refractivity contribution in [2.24, 2.45) is 5.92 Å². The van der Waals surface area contributed by atoms with Gasteiger partial charge in [0.1, 0.15) is 11.5 Å². The first-order valence-corrected chi connectivity index (χ1v) is 9.54. The van der Waals surface area contributed by atoms with Crippen molar-refractivity contribution >= 4 is 33.4 Å². The maximum atomic E-state index is 12.2. The number of thioether (sulfide) groups is 1. The van der Waals surface area contributed by atoms with Crippen molar-refractivity contribution < 1.29 is 13.5 Å². The van der Waals surface area contributed by atoms with Crippen LogP contribution in [0.25, 0.3) is 0 Å². The van der Waals surface area contributed by atoms with E-state index in [1.807, 2.05) is 13.2 Å². The fourth-order valence-electron chi connectivity index (χ4n) is 1.61. The summed E-state index contributed by atoms with van der Waals surface area (Å²) in [5, 5.41) is 8.75. The molecule has 2 N–H and O–H groups in total. The molecule has 0 aliphatic heterocycles. The smallest absolute Gasteiger partial charge is 0.242 e. The molecule has 1 atom stereocenters. The number of aliphatic hydroxyl groups is 1. The molecule has 0 amide bonds. The van der Waals surface area contributed by atoms with E-state index >= 15 is 0 Å². The van der Waals surface area contributed by atoms with Crippen molar-refractivity contribution in [1.29, 1.82) is 0 Å². The monoisotopic (exact) mass is 347 g/mol. The van der Waals surface area contributed by atoms with Gasteiger partial charge in [0.2, 0.25) is 10.0 Å². The minimum atomic E-state index is -3.63. The van der Waals surface area contributed by atoms with Gasteiger partial charge in [0.15, 0.2) is 0 Å². The zero-order valence-electron chi connectivity index (χ0n) is 11.9. The van der Waals surface area contributed by atoms with Gasteiger partial charge in [0, 0.05) is 12.1 Å². The second kappa shape index (κ2) is 8.66. The fourth-order valence-corrected chi connectivity index (χ4v) is 4.01. The molecule has 0 spiro atoms. The molecule has 0 fully saturated rings. The molecule has 116 valence electrons. The zero-order valence-corrected chi connectivity index (χ0v) is 14.3. The van der Waals surface area contributed by atoms with E-state index < -0.39 is 10.0 Å². The summed E-state index contributed by atoms with van der Waals surface area (Å²) in [4.78, 5) is 0.0371. The molecule has 7 heteroatoms. The Morgan fingerprint density at radius 2 is 2.19 bits per heavy atom. The molecule has 0 bridgehead atoms. The Labute approximate surface area is 135 Å². The van der Waals surface area contributed by atoms with Crippen LogP contribution in [0, 0.1) is 17.8 Å². The number of nitrogens with one attached hydrogen (secondary N) is 1. The summed E-state index contributed by atoms with van der Waals surface area (Å²) in [5.74, 6) is 6.28. The van der Waals surface area contributed by atoms with E-state index in [1.165, 1.54) is 12.1 Å². The third-order valence-corrected chi connectivity index (χ3v) is 5.42. The number of aliphatic hydroxyl groups excluding tert-OH is 1. The Bertz CT molecular complexity index is 635. The molecule has 1 rings (SSSR count). The summed E-state index contributed by atoms with van der Waals surface area (Å²) in [6.07, 6.45) is 1.98. The summed E-state index contributed by atoms with van der Waals surface area (Å²) in [5.41, 5.74) is 0.559. The summed E-state index contributed by atoms with van der Waals surface area (Å²) in [6, 6.07) is 4.46. The van der Waals surface area contributed by atoms with E-state index in [0.717, 1.165) is 5.75 Å². The van der Waals surface area contributed by atoms with Crippen molar-refractivity contribution in [1.82, 2.24) is 4.72 Å². The standard InChI is InChI=1S/C14H18ClNO3S2/c1-11(10-20-2)9-16-21(18,19)14-6-5-12(4-3-7-17)8-13(14)15/h5-6,8,11,16-17H,7,9-10H2,1-2H3. The zero-order chi connectivity index (χ0) is 15.9. The number of hydrogen-bond acceptors (Lipinski definition) is 4. The SMILES string of the molecule is CSCC(C)CNS(=O)(=O)c1ccc(C#CCO)cc1Cl. The molecule has 0 aromatic heterocycles. The van der Waals surface area contributed by atoms with Gasteiger partial charge in [-0.3, -0.25) is 0 Å². The Kier molecular flexibility index (Phi) is 7.57. The van der Waals surface area contributed by atoms with E-state index in [-0.39, 0.29) is 22.4 Å². The first-order valence-electron chi connectivity index (χ1n) is 6.28. The van der Waals surface area contributed by atoms with Crippen LogP contribution in [0.3, 0.4) is 0 Å². The van der Waals surface area contributed by atoms with Crippen LogP contribution in [0.4, 0.5) is 0 Å². The Balaban J connectivity index is 2.88. The highest BCUT2D eigenvalue weighted by Crippen LogP contribution is 2.22. The lowest BCUT2D eigenvalue weighted by Gasteiger charge is -2.12.